The summed E-state index contributed by atoms with van der Waals surface area (Å²) in [6.07, 6.45) is 0. The van der Waals surface area contributed by atoms with Crippen LogP contribution in [0.1, 0.15) is 26.6 Å². The Morgan fingerprint density at radius 1 is 1.29 bits per heavy atom. The molecule has 0 radical (unpaired) electrons. The van der Waals surface area contributed by atoms with Gasteiger partial charge in [-0.2, -0.15) is 28.0 Å². The Balaban J connectivity index is 1.76. The molecule has 2 aromatic heterocycles. The van der Waals surface area contributed by atoms with Gasteiger partial charge in [-0.05, 0) is 12.1 Å². The minimum atomic E-state index is -0.0685. The minimum Gasteiger partial charge on any atom is -0.367 e. The van der Waals surface area contributed by atoms with Crippen molar-refractivity contribution in [1.82, 2.24) is 19.8 Å². The predicted octanol–water partition coefficient (Wildman–Crippen LogP) is 2.68. The first-order valence-electron chi connectivity index (χ1n) is 7.20. The summed E-state index contributed by atoms with van der Waals surface area (Å²) in [6.45, 7) is 7.34. The quantitative estimate of drug-likeness (QED) is 0.937. The number of nitrogens with one attached hydrogen (secondary N) is 1. The second kappa shape index (κ2) is 6.04. The molecule has 0 aromatic carbocycles. The minimum absolute atomic E-state index is 0.0685. The van der Waals surface area contributed by atoms with Crippen molar-refractivity contribution in [3.63, 3.8) is 0 Å². The van der Waals surface area contributed by atoms with Crippen LogP contribution in [-0.2, 0) is 5.41 Å². The highest BCUT2D eigenvalue weighted by Gasteiger charge is 2.22. The van der Waals surface area contributed by atoms with E-state index in [2.05, 4.69) is 53.1 Å². The number of anilines is 1. The summed E-state index contributed by atoms with van der Waals surface area (Å²) in [6, 6.07) is 3.96. The van der Waals surface area contributed by atoms with Crippen molar-refractivity contribution in [3.05, 3.63) is 18.0 Å². The maximum absolute atomic E-state index is 4.65. The number of rotatable bonds is 3. The molecular weight excluding hydrogens is 302 g/mol. The van der Waals surface area contributed by atoms with Gasteiger partial charge in [-0.25, -0.2) is 0 Å². The van der Waals surface area contributed by atoms with E-state index in [1.54, 1.807) is 0 Å². The smallest absolute Gasteiger partial charge is 0.178 e. The summed E-state index contributed by atoms with van der Waals surface area (Å²) >= 11 is 4.09. The molecule has 0 bridgehead atoms. The molecule has 1 fully saturated rings. The molecule has 0 amide bonds. The first kappa shape index (κ1) is 15.0. The number of nitrogens with zero attached hydrogens (tertiary/aromatic N) is 4. The summed E-state index contributed by atoms with van der Waals surface area (Å²) < 4.78 is 1.85. The zero-order valence-corrected chi connectivity index (χ0v) is 14.3. The maximum atomic E-state index is 4.65. The molecule has 0 unspecified atom stereocenters. The molecule has 0 spiro atoms. The summed E-state index contributed by atoms with van der Waals surface area (Å²) in [7, 11) is 0. The van der Waals surface area contributed by atoms with Gasteiger partial charge in [0.25, 0.3) is 0 Å². The van der Waals surface area contributed by atoms with Crippen LogP contribution in [0.15, 0.2) is 12.1 Å². The van der Waals surface area contributed by atoms with Crippen molar-refractivity contribution in [3.8, 4) is 0 Å². The Labute approximate surface area is 133 Å². The highest BCUT2D eigenvalue weighted by atomic mass is 32.2. The van der Waals surface area contributed by atoms with Gasteiger partial charge in [-0.3, -0.25) is 0 Å². The van der Waals surface area contributed by atoms with Crippen molar-refractivity contribution in [1.29, 1.82) is 0 Å². The van der Waals surface area contributed by atoms with E-state index >= 15 is 0 Å². The first-order chi connectivity index (χ1) is 10.0. The molecule has 0 saturated carbocycles. The Bertz CT molecular complexity index is 613. The third-order valence-electron chi connectivity index (χ3n) is 3.33. The second-order valence-corrected chi connectivity index (χ2v) is 8.77. The van der Waals surface area contributed by atoms with E-state index in [1.807, 2.05) is 28.4 Å². The van der Waals surface area contributed by atoms with E-state index in [-0.39, 0.29) is 5.41 Å². The highest BCUT2D eigenvalue weighted by Crippen LogP contribution is 2.24. The van der Waals surface area contributed by atoms with Crippen molar-refractivity contribution in [2.75, 3.05) is 29.1 Å². The fourth-order valence-corrected chi connectivity index (χ4v) is 4.84. The van der Waals surface area contributed by atoms with Gasteiger partial charge < -0.3 is 5.32 Å². The number of hydrogen-bond donors (Lipinski definition) is 1. The Hall–Kier alpha value is -0.950. The second-order valence-electron chi connectivity index (χ2n) is 6.21. The molecule has 1 N–H and O–H groups in total. The van der Waals surface area contributed by atoms with Gasteiger partial charge >= 0.3 is 0 Å². The fourth-order valence-electron chi connectivity index (χ4n) is 2.22. The summed E-state index contributed by atoms with van der Waals surface area (Å²) in [4.78, 5) is 0. The van der Waals surface area contributed by atoms with Gasteiger partial charge in [0, 0.05) is 34.5 Å². The topological polar surface area (TPSA) is 55.1 Å². The van der Waals surface area contributed by atoms with E-state index in [1.165, 1.54) is 17.3 Å². The van der Waals surface area contributed by atoms with Crippen LogP contribution in [0.5, 0.6) is 0 Å². The molecule has 5 nitrogen and oxygen atoms in total. The monoisotopic (exact) mass is 323 g/mol. The van der Waals surface area contributed by atoms with Crippen LogP contribution in [0.4, 0.5) is 5.82 Å². The molecular formula is C14H21N5S2. The molecule has 1 aliphatic heterocycles. The zero-order chi connectivity index (χ0) is 14.9. The van der Waals surface area contributed by atoms with Gasteiger partial charge in [0.05, 0.1) is 0 Å². The van der Waals surface area contributed by atoms with Crippen LogP contribution in [0.25, 0.3) is 5.65 Å². The molecule has 3 rings (SSSR count). The zero-order valence-electron chi connectivity index (χ0n) is 12.7. The normalized spacial score (nSPS) is 19.9. The average Bonchev–Trinajstić information content (AvgIpc) is 2.89. The molecule has 3 heterocycles. The first-order valence-corrected chi connectivity index (χ1v) is 9.40. The summed E-state index contributed by atoms with van der Waals surface area (Å²) in [5.41, 5.74) is 0.731. The third-order valence-corrected chi connectivity index (χ3v) is 6.17. The van der Waals surface area contributed by atoms with E-state index in [0.717, 1.165) is 23.8 Å². The van der Waals surface area contributed by atoms with E-state index < -0.39 is 0 Å². The maximum Gasteiger partial charge on any atom is 0.178 e. The van der Waals surface area contributed by atoms with E-state index in [9.17, 15) is 0 Å². The molecule has 0 aliphatic carbocycles. The van der Waals surface area contributed by atoms with Crippen LogP contribution in [0.3, 0.4) is 0 Å². The van der Waals surface area contributed by atoms with Crippen LogP contribution in [0.2, 0.25) is 0 Å². The van der Waals surface area contributed by atoms with E-state index in [0.29, 0.717) is 5.25 Å². The molecule has 2 aromatic rings. The van der Waals surface area contributed by atoms with Crippen LogP contribution < -0.4 is 5.32 Å². The molecule has 114 valence electrons. The fraction of sp³-hybridized carbons (Fsp3) is 0.643. The summed E-state index contributed by atoms with van der Waals surface area (Å²) in [5.74, 6) is 5.54. The number of hydrogen-bond acceptors (Lipinski definition) is 6. The Morgan fingerprint density at radius 3 is 2.86 bits per heavy atom. The van der Waals surface area contributed by atoms with Crippen molar-refractivity contribution in [2.45, 2.75) is 31.4 Å². The van der Waals surface area contributed by atoms with Crippen molar-refractivity contribution in [2.24, 2.45) is 0 Å². The Morgan fingerprint density at radius 2 is 2.14 bits per heavy atom. The average molecular weight is 323 g/mol. The number of fused-ring (bicyclic) bond motifs is 1. The van der Waals surface area contributed by atoms with Crippen molar-refractivity contribution < 1.29 is 0 Å². The van der Waals surface area contributed by atoms with Crippen LogP contribution in [-0.4, -0.2) is 48.9 Å². The predicted molar refractivity (Wildman–Crippen MR) is 91.5 cm³/mol. The number of aromatic nitrogens is 4. The lowest BCUT2D eigenvalue weighted by Gasteiger charge is -2.21. The van der Waals surface area contributed by atoms with Gasteiger partial charge in [0.1, 0.15) is 5.82 Å². The lowest BCUT2D eigenvalue weighted by molar-refractivity contribution is 0.527. The molecule has 1 aliphatic rings. The lowest BCUT2D eigenvalue weighted by atomic mass is 9.96. The largest absolute Gasteiger partial charge is 0.367 e. The number of thioether (sulfide) groups is 2. The van der Waals surface area contributed by atoms with Crippen LogP contribution in [0, 0.1) is 0 Å². The SMILES string of the molecule is CC(C)(C)c1nnc2ccc(NC[C@H]3CSCCS3)nn12. The van der Waals surface area contributed by atoms with Gasteiger partial charge in [0.15, 0.2) is 11.5 Å². The lowest BCUT2D eigenvalue weighted by Crippen LogP contribution is -2.24. The van der Waals surface area contributed by atoms with E-state index in [4.69, 9.17) is 0 Å². The van der Waals surface area contributed by atoms with Gasteiger partial charge in [-0.15, -0.1) is 15.3 Å². The van der Waals surface area contributed by atoms with Crippen molar-refractivity contribution >= 4 is 35.0 Å². The summed E-state index contributed by atoms with van der Waals surface area (Å²) in [5, 5.41) is 17.2. The molecule has 21 heavy (non-hydrogen) atoms. The molecule has 7 heteroatoms. The van der Waals surface area contributed by atoms with Crippen LogP contribution >= 0.6 is 23.5 Å². The van der Waals surface area contributed by atoms with Gasteiger partial charge in [0.2, 0.25) is 0 Å². The standard InChI is InChI=1S/C14H21N5S2/c1-14(2,3)13-17-16-12-5-4-11(18-19(12)13)15-8-10-9-20-6-7-21-10/h4-5,10H,6-9H2,1-3H3,(H,15,18)/t10-/m0/s1. The third kappa shape index (κ3) is 3.45. The van der Waals surface area contributed by atoms with Gasteiger partial charge in [-0.1, -0.05) is 20.8 Å². The highest BCUT2D eigenvalue weighted by molar-refractivity contribution is 8.06. The molecule has 1 saturated heterocycles. The molecule has 1 atom stereocenters. The Kier molecular flexibility index (Phi) is 4.31.